The molecule has 1 amide bonds. The molecular formula is C25H17N3O3. The second-order valence-electron chi connectivity index (χ2n) is 7.10. The van der Waals surface area contributed by atoms with Crippen LogP contribution in [0.5, 0.6) is 5.75 Å². The number of nitrogens with zero attached hydrogens (tertiary/aromatic N) is 3. The average molecular weight is 407 g/mol. The SMILES string of the molecule is O=C(c1ccc(-c2ccccc2)o1)N1N=C(C2=C=C=CN=C2)CC1c1ccccc1O. The summed E-state index contributed by atoms with van der Waals surface area (Å²) in [6.45, 7) is 0. The van der Waals surface area contributed by atoms with Crippen LogP contribution in [0.25, 0.3) is 11.3 Å². The number of furan rings is 1. The Morgan fingerprint density at radius 1 is 1.06 bits per heavy atom. The van der Waals surface area contributed by atoms with Crippen molar-refractivity contribution in [1.29, 1.82) is 0 Å². The van der Waals surface area contributed by atoms with E-state index >= 15 is 0 Å². The number of allylic oxidation sites excluding steroid dienone is 1. The van der Waals surface area contributed by atoms with E-state index in [2.05, 4.69) is 21.6 Å². The summed E-state index contributed by atoms with van der Waals surface area (Å²) in [6, 6.07) is 19.4. The van der Waals surface area contributed by atoms with Crippen LogP contribution in [0.15, 0.2) is 104 Å². The van der Waals surface area contributed by atoms with Gasteiger partial charge in [-0.05, 0) is 23.9 Å². The van der Waals surface area contributed by atoms with Gasteiger partial charge in [0.25, 0.3) is 0 Å². The second kappa shape index (κ2) is 7.81. The molecule has 0 bridgehead atoms. The number of phenols is 1. The first kappa shape index (κ1) is 18.6. The lowest BCUT2D eigenvalue weighted by Crippen LogP contribution is -2.26. The first-order valence-electron chi connectivity index (χ1n) is 9.78. The number of carbonyl (C=O) groups excluding carboxylic acids is 1. The normalized spacial score (nSPS) is 17.0. The number of amides is 1. The van der Waals surface area contributed by atoms with Crippen LogP contribution in [-0.4, -0.2) is 27.9 Å². The van der Waals surface area contributed by atoms with Crippen LogP contribution in [0.3, 0.4) is 0 Å². The molecule has 31 heavy (non-hydrogen) atoms. The van der Waals surface area contributed by atoms with Crippen molar-refractivity contribution in [2.75, 3.05) is 0 Å². The molecule has 2 aliphatic rings. The van der Waals surface area contributed by atoms with Gasteiger partial charge in [0.15, 0.2) is 5.76 Å². The molecular weight excluding hydrogens is 390 g/mol. The Hall–Kier alpha value is -4.37. The second-order valence-corrected chi connectivity index (χ2v) is 7.10. The molecule has 0 aliphatic carbocycles. The monoisotopic (exact) mass is 407 g/mol. The zero-order valence-electron chi connectivity index (χ0n) is 16.4. The highest BCUT2D eigenvalue weighted by Gasteiger charge is 2.36. The maximum Gasteiger partial charge on any atom is 0.310 e. The quantitative estimate of drug-likeness (QED) is 0.627. The molecule has 1 aromatic heterocycles. The highest BCUT2D eigenvalue weighted by molar-refractivity contribution is 6.17. The van der Waals surface area contributed by atoms with E-state index in [9.17, 15) is 9.90 Å². The minimum absolute atomic E-state index is 0.105. The Balaban J connectivity index is 1.53. The van der Waals surface area contributed by atoms with E-state index in [-0.39, 0.29) is 11.5 Å². The van der Waals surface area contributed by atoms with E-state index in [0.29, 0.717) is 29.0 Å². The number of carbonyl (C=O) groups is 1. The van der Waals surface area contributed by atoms with Crippen LogP contribution in [0.2, 0.25) is 0 Å². The van der Waals surface area contributed by atoms with Gasteiger partial charge in [-0.2, -0.15) is 5.10 Å². The topological polar surface area (TPSA) is 78.4 Å². The first-order chi connectivity index (χ1) is 15.2. The van der Waals surface area contributed by atoms with Crippen LogP contribution in [-0.2, 0) is 0 Å². The Morgan fingerprint density at radius 3 is 2.65 bits per heavy atom. The minimum Gasteiger partial charge on any atom is -0.508 e. The molecule has 150 valence electrons. The first-order valence-corrected chi connectivity index (χ1v) is 9.78. The number of rotatable bonds is 4. The average Bonchev–Trinajstić information content (AvgIpc) is 3.48. The number of benzene rings is 2. The smallest absolute Gasteiger partial charge is 0.310 e. The molecule has 2 aliphatic heterocycles. The Kier molecular flexibility index (Phi) is 4.70. The fraction of sp³-hybridized carbons (Fsp3) is 0.0800. The molecule has 6 nitrogen and oxygen atoms in total. The van der Waals surface area contributed by atoms with Gasteiger partial charge in [0.2, 0.25) is 0 Å². The van der Waals surface area contributed by atoms with Crippen molar-refractivity contribution in [1.82, 2.24) is 5.01 Å². The lowest BCUT2D eigenvalue weighted by atomic mass is 9.98. The van der Waals surface area contributed by atoms with Crippen LogP contribution >= 0.6 is 0 Å². The Morgan fingerprint density at radius 2 is 1.87 bits per heavy atom. The predicted molar refractivity (Wildman–Crippen MR) is 117 cm³/mol. The predicted octanol–water partition coefficient (Wildman–Crippen LogP) is 4.87. The summed E-state index contributed by atoms with van der Waals surface area (Å²) in [6.07, 6.45) is 3.55. The summed E-state index contributed by atoms with van der Waals surface area (Å²) >= 11 is 0. The third kappa shape index (κ3) is 3.53. The van der Waals surface area contributed by atoms with E-state index in [0.717, 1.165) is 5.56 Å². The van der Waals surface area contributed by atoms with Gasteiger partial charge in [0.1, 0.15) is 11.5 Å². The van der Waals surface area contributed by atoms with Crippen LogP contribution in [0, 0.1) is 0 Å². The van der Waals surface area contributed by atoms with Gasteiger partial charge in [-0.15, -0.1) is 0 Å². The number of phenolic OH excluding ortho intramolecular Hbond substituents is 1. The number of aromatic hydroxyl groups is 1. The molecule has 0 saturated carbocycles. The Bertz CT molecular complexity index is 1320. The zero-order chi connectivity index (χ0) is 21.2. The highest BCUT2D eigenvalue weighted by atomic mass is 16.4. The number of hydrazone groups is 1. The van der Waals surface area contributed by atoms with E-state index in [1.807, 2.05) is 36.4 Å². The summed E-state index contributed by atoms with van der Waals surface area (Å²) in [4.78, 5) is 17.4. The van der Waals surface area contributed by atoms with Gasteiger partial charge in [-0.1, -0.05) is 54.3 Å². The van der Waals surface area contributed by atoms with Crippen molar-refractivity contribution in [2.45, 2.75) is 12.5 Å². The molecule has 1 unspecified atom stereocenters. The molecule has 3 aromatic rings. The van der Waals surface area contributed by atoms with E-state index in [1.54, 1.807) is 36.5 Å². The zero-order valence-corrected chi connectivity index (χ0v) is 16.4. The van der Waals surface area contributed by atoms with Gasteiger partial charge >= 0.3 is 5.91 Å². The highest BCUT2D eigenvalue weighted by Crippen LogP contribution is 2.38. The summed E-state index contributed by atoms with van der Waals surface area (Å²) in [7, 11) is 0. The standard InChI is InChI=1S/C25H17N3O3/c29-22-11-5-4-10-19(22)21-15-20(18-9-6-14-26-16-18)27-28(21)25(30)24-13-12-23(31-24)17-7-2-1-3-8-17/h1-5,7-8,10-14,16,21,29H,15H2. The molecule has 0 fully saturated rings. The number of hydrogen-bond donors (Lipinski definition) is 1. The summed E-state index contributed by atoms with van der Waals surface area (Å²) in [5.41, 5.74) is 8.58. The van der Waals surface area contributed by atoms with Crippen LogP contribution in [0.1, 0.15) is 28.6 Å². The molecule has 0 saturated heterocycles. The van der Waals surface area contributed by atoms with E-state index in [1.165, 1.54) is 11.2 Å². The summed E-state index contributed by atoms with van der Waals surface area (Å²) < 4.78 is 5.85. The number of aliphatic imine (C=N–C) groups is 1. The third-order valence-corrected chi connectivity index (χ3v) is 5.15. The molecule has 5 rings (SSSR count). The number of para-hydroxylation sites is 1. The summed E-state index contributed by atoms with van der Waals surface area (Å²) in [5.74, 6) is 0.485. The maximum atomic E-state index is 13.4. The number of hydrogen-bond acceptors (Lipinski definition) is 5. The van der Waals surface area contributed by atoms with Crippen molar-refractivity contribution in [3.8, 4) is 17.1 Å². The third-order valence-electron chi connectivity index (χ3n) is 5.15. The van der Waals surface area contributed by atoms with Gasteiger partial charge in [-0.3, -0.25) is 9.79 Å². The minimum atomic E-state index is -0.484. The Labute approximate surface area is 178 Å². The summed E-state index contributed by atoms with van der Waals surface area (Å²) in [5, 5.41) is 16.3. The van der Waals surface area contributed by atoms with Gasteiger partial charge in [0.05, 0.1) is 23.5 Å². The molecule has 0 spiro atoms. The molecule has 1 atom stereocenters. The van der Waals surface area contributed by atoms with Crippen LogP contribution < -0.4 is 0 Å². The molecule has 1 N–H and O–H groups in total. The molecule has 3 heterocycles. The molecule has 6 heteroatoms. The van der Waals surface area contributed by atoms with Crippen molar-refractivity contribution in [3.63, 3.8) is 0 Å². The molecule has 2 aromatic carbocycles. The van der Waals surface area contributed by atoms with E-state index in [4.69, 9.17) is 4.42 Å². The fourth-order valence-corrected chi connectivity index (χ4v) is 3.63. The van der Waals surface area contributed by atoms with Gasteiger partial charge < -0.3 is 9.52 Å². The maximum absolute atomic E-state index is 13.4. The van der Waals surface area contributed by atoms with Crippen molar-refractivity contribution < 1.29 is 14.3 Å². The van der Waals surface area contributed by atoms with Crippen molar-refractivity contribution in [2.24, 2.45) is 10.1 Å². The van der Waals surface area contributed by atoms with Crippen molar-refractivity contribution >= 4 is 17.8 Å². The lowest BCUT2D eigenvalue weighted by molar-refractivity contribution is 0.0678. The van der Waals surface area contributed by atoms with Gasteiger partial charge in [-0.25, -0.2) is 5.01 Å². The fourth-order valence-electron chi connectivity index (χ4n) is 3.63. The van der Waals surface area contributed by atoms with E-state index < -0.39 is 11.9 Å². The lowest BCUT2D eigenvalue weighted by Gasteiger charge is -2.21. The van der Waals surface area contributed by atoms with Crippen molar-refractivity contribution in [3.05, 3.63) is 101 Å². The van der Waals surface area contributed by atoms with Gasteiger partial charge in [0, 0.05) is 23.8 Å². The van der Waals surface area contributed by atoms with Crippen LogP contribution in [0.4, 0.5) is 0 Å². The largest absolute Gasteiger partial charge is 0.508 e. The molecule has 0 radical (unpaired) electrons.